The highest BCUT2D eigenvalue weighted by Gasteiger charge is 2.26. The van der Waals surface area contributed by atoms with E-state index >= 15 is 0 Å². The molecule has 0 aliphatic rings. The van der Waals surface area contributed by atoms with Crippen LogP contribution in [0.25, 0.3) is 0 Å². The number of esters is 1. The number of ether oxygens (including phenoxy) is 1. The minimum Gasteiger partial charge on any atom is -0.466 e. The summed E-state index contributed by atoms with van der Waals surface area (Å²) in [5.74, 6) is -3.11. The van der Waals surface area contributed by atoms with E-state index in [0.29, 0.717) is 0 Å². The molecule has 2 atom stereocenters. The second-order valence-corrected chi connectivity index (χ2v) is 4.00. The van der Waals surface area contributed by atoms with Crippen LogP contribution in [0.2, 0.25) is 0 Å². The van der Waals surface area contributed by atoms with Crippen molar-refractivity contribution in [2.45, 2.75) is 25.6 Å². The predicted molar refractivity (Wildman–Crippen MR) is 64.0 cm³/mol. The molecule has 0 saturated heterocycles. The predicted octanol–water partition coefficient (Wildman–Crippen LogP) is 1.12. The third-order valence-electron chi connectivity index (χ3n) is 2.64. The number of halogens is 2. The van der Waals surface area contributed by atoms with Gasteiger partial charge in [0.15, 0.2) is 6.29 Å². The van der Waals surface area contributed by atoms with Crippen LogP contribution in [0.3, 0.4) is 0 Å². The highest BCUT2D eigenvalue weighted by Crippen LogP contribution is 2.25. The van der Waals surface area contributed by atoms with Gasteiger partial charge in [-0.1, -0.05) is 6.07 Å². The number of carbonyl (C=O) groups is 2. The molecule has 0 spiro atoms. The van der Waals surface area contributed by atoms with E-state index in [1.54, 1.807) is 6.92 Å². The third-order valence-corrected chi connectivity index (χ3v) is 2.64. The Balaban J connectivity index is 2.94. The highest BCUT2D eigenvalue weighted by molar-refractivity contribution is 5.76. The summed E-state index contributed by atoms with van der Waals surface area (Å²) in [6.45, 7) is 1.67. The first kappa shape index (κ1) is 16.2. The molecule has 0 aromatic heterocycles. The maximum atomic E-state index is 13.8. The van der Waals surface area contributed by atoms with Crippen LogP contribution in [0.15, 0.2) is 12.1 Å². The number of aliphatic hydroxyl groups is 2. The van der Waals surface area contributed by atoms with Crippen LogP contribution in [0, 0.1) is 11.6 Å². The van der Waals surface area contributed by atoms with E-state index in [0.717, 1.165) is 12.1 Å². The number of rotatable bonds is 6. The van der Waals surface area contributed by atoms with E-state index in [1.165, 1.54) is 0 Å². The van der Waals surface area contributed by atoms with Crippen LogP contribution in [0.4, 0.5) is 8.78 Å². The SMILES string of the molecule is CCOC(=O)CC(O)C(O)c1ccc(F)c(C=O)c1F. The molecular formula is C13H14F2O5. The summed E-state index contributed by atoms with van der Waals surface area (Å²) in [7, 11) is 0. The van der Waals surface area contributed by atoms with Crippen molar-refractivity contribution in [1.82, 2.24) is 0 Å². The smallest absolute Gasteiger partial charge is 0.308 e. The Morgan fingerprint density at radius 3 is 2.60 bits per heavy atom. The monoisotopic (exact) mass is 288 g/mol. The molecular weight excluding hydrogens is 274 g/mol. The van der Waals surface area contributed by atoms with Gasteiger partial charge < -0.3 is 14.9 Å². The molecule has 0 saturated carbocycles. The van der Waals surface area contributed by atoms with Gasteiger partial charge >= 0.3 is 5.97 Å². The molecule has 20 heavy (non-hydrogen) atoms. The third kappa shape index (κ3) is 3.58. The maximum absolute atomic E-state index is 13.8. The van der Waals surface area contributed by atoms with Crippen molar-refractivity contribution < 1.29 is 33.3 Å². The lowest BCUT2D eigenvalue weighted by atomic mass is 9.99. The molecule has 0 fully saturated rings. The van der Waals surface area contributed by atoms with Crippen molar-refractivity contribution in [3.8, 4) is 0 Å². The van der Waals surface area contributed by atoms with Gasteiger partial charge in [0.05, 0.1) is 24.7 Å². The Morgan fingerprint density at radius 1 is 1.40 bits per heavy atom. The molecule has 0 bridgehead atoms. The fraction of sp³-hybridized carbons (Fsp3) is 0.385. The summed E-state index contributed by atoms with van der Waals surface area (Å²) in [5, 5.41) is 19.4. The summed E-state index contributed by atoms with van der Waals surface area (Å²) in [4.78, 5) is 21.7. The quantitative estimate of drug-likeness (QED) is 0.605. The lowest BCUT2D eigenvalue weighted by molar-refractivity contribution is -0.147. The zero-order chi connectivity index (χ0) is 15.3. The number of hydrogen-bond acceptors (Lipinski definition) is 5. The first-order valence-corrected chi connectivity index (χ1v) is 5.87. The van der Waals surface area contributed by atoms with Crippen molar-refractivity contribution in [2.75, 3.05) is 6.61 Å². The molecule has 0 radical (unpaired) electrons. The van der Waals surface area contributed by atoms with Gasteiger partial charge in [-0.2, -0.15) is 0 Å². The lowest BCUT2D eigenvalue weighted by Gasteiger charge is -2.18. The van der Waals surface area contributed by atoms with Gasteiger partial charge in [-0.3, -0.25) is 9.59 Å². The van der Waals surface area contributed by atoms with E-state index in [2.05, 4.69) is 4.74 Å². The second kappa shape index (κ2) is 7.06. The Kier molecular flexibility index (Phi) is 5.72. The second-order valence-electron chi connectivity index (χ2n) is 4.00. The zero-order valence-corrected chi connectivity index (χ0v) is 10.7. The number of aliphatic hydroxyl groups excluding tert-OH is 2. The largest absolute Gasteiger partial charge is 0.466 e. The summed E-state index contributed by atoms with van der Waals surface area (Å²) < 4.78 is 31.5. The lowest BCUT2D eigenvalue weighted by Crippen LogP contribution is -2.24. The van der Waals surface area contributed by atoms with Crippen LogP contribution in [0.1, 0.15) is 35.4 Å². The normalized spacial score (nSPS) is 13.7. The number of hydrogen-bond donors (Lipinski definition) is 2. The van der Waals surface area contributed by atoms with Crippen molar-refractivity contribution in [3.05, 3.63) is 34.9 Å². The van der Waals surface area contributed by atoms with Gasteiger partial charge in [0.2, 0.25) is 0 Å². The van der Waals surface area contributed by atoms with Gasteiger partial charge in [0.1, 0.15) is 17.7 Å². The molecule has 0 heterocycles. The van der Waals surface area contributed by atoms with Crippen molar-refractivity contribution in [3.63, 3.8) is 0 Å². The van der Waals surface area contributed by atoms with Gasteiger partial charge in [0.25, 0.3) is 0 Å². The molecule has 2 unspecified atom stereocenters. The number of aldehydes is 1. The van der Waals surface area contributed by atoms with Crippen LogP contribution in [0.5, 0.6) is 0 Å². The fourth-order valence-corrected chi connectivity index (χ4v) is 1.63. The topological polar surface area (TPSA) is 83.8 Å². The van der Waals surface area contributed by atoms with Crippen molar-refractivity contribution in [2.24, 2.45) is 0 Å². The molecule has 0 aliphatic carbocycles. The van der Waals surface area contributed by atoms with Gasteiger partial charge in [0, 0.05) is 5.56 Å². The zero-order valence-electron chi connectivity index (χ0n) is 10.7. The average Bonchev–Trinajstić information content (AvgIpc) is 2.38. The molecule has 0 amide bonds. The Hall–Kier alpha value is -1.86. The summed E-state index contributed by atoms with van der Waals surface area (Å²) in [6, 6.07) is 1.69. The van der Waals surface area contributed by atoms with Crippen LogP contribution in [-0.2, 0) is 9.53 Å². The minimum absolute atomic E-state index is 0.0292. The Bertz CT molecular complexity index is 504. The molecule has 1 aromatic carbocycles. The van der Waals surface area contributed by atoms with E-state index in [4.69, 9.17) is 0 Å². The molecule has 2 N–H and O–H groups in total. The van der Waals surface area contributed by atoms with Crippen LogP contribution in [-0.4, -0.2) is 35.2 Å². The molecule has 1 aromatic rings. The summed E-state index contributed by atoms with van der Waals surface area (Å²) in [5.41, 5.74) is -1.31. The molecule has 0 aliphatic heterocycles. The van der Waals surface area contributed by atoms with Gasteiger partial charge in [-0.25, -0.2) is 8.78 Å². The molecule has 7 heteroatoms. The summed E-state index contributed by atoms with van der Waals surface area (Å²) >= 11 is 0. The Morgan fingerprint density at radius 2 is 2.05 bits per heavy atom. The summed E-state index contributed by atoms with van der Waals surface area (Å²) in [6.07, 6.45) is -3.99. The average molecular weight is 288 g/mol. The number of benzene rings is 1. The van der Waals surface area contributed by atoms with Crippen molar-refractivity contribution in [1.29, 1.82) is 0 Å². The molecule has 1 rings (SSSR count). The van der Waals surface area contributed by atoms with Gasteiger partial charge in [-0.15, -0.1) is 0 Å². The van der Waals surface area contributed by atoms with E-state index in [-0.39, 0.29) is 12.9 Å². The molecule has 5 nitrogen and oxygen atoms in total. The Labute approximate surface area is 113 Å². The van der Waals surface area contributed by atoms with Crippen molar-refractivity contribution >= 4 is 12.3 Å². The van der Waals surface area contributed by atoms with Crippen LogP contribution >= 0.6 is 0 Å². The van der Waals surface area contributed by atoms with Gasteiger partial charge in [-0.05, 0) is 13.0 Å². The maximum Gasteiger partial charge on any atom is 0.308 e. The minimum atomic E-state index is -1.78. The van der Waals surface area contributed by atoms with E-state index in [9.17, 15) is 28.6 Å². The highest BCUT2D eigenvalue weighted by atomic mass is 19.1. The van der Waals surface area contributed by atoms with E-state index in [1.807, 2.05) is 0 Å². The first-order valence-electron chi connectivity index (χ1n) is 5.87. The fourth-order valence-electron chi connectivity index (χ4n) is 1.63. The first-order chi connectivity index (χ1) is 9.42. The van der Waals surface area contributed by atoms with Crippen LogP contribution < -0.4 is 0 Å². The standard InChI is InChI=1S/C13H14F2O5/c1-2-20-11(18)5-10(17)13(19)7-3-4-9(14)8(6-16)12(7)15/h3-4,6,10,13,17,19H,2,5H2,1H3. The molecule has 110 valence electrons. The number of carbonyl (C=O) groups excluding carboxylic acids is 2. The van der Waals surface area contributed by atoms with E-state index < -0.39 is 47.4 Å².